The molecule has 0 amide bonds. The largest absolute Gasteiger partial charge is 0.330 e. The van der Waals surface area contributed by atoms with Crippen molar-refractivity contribution in [3.63, 3.8) is 0 Å². The van der Waals surface area contributed by atoms with Crippen LogP contribution in [-0.4, -0.2) is 32.9 Å². The highest BCUT2D eigenvalue weighted by atomic mass is 32.2. The first-order valence-corrected chi connectivity index (χ1v) is 7.38. The molecule has 0 unspecified atom stereocenters. The molecular weight excluding hydrogens is 244 g/mol. The second-order valence-corrected chi connectivity index (χ2v) is 7.22. The van der Waals surface area contributed by atoms with Crippen LogP contribution >= 0.6 is 11.3 Å². The molecule has 1 aromatic heterocycles. The summed E-state index contributed by atoms with van der Waals surface area (Å²) < 4.78 is 25.7. The smallest absolute Gasteiger partial charge is 0.243 e. The van der Waals surface area contributed by atoms with Crippen LogP contribution in [-0.2, 0) is 10.0 Å². The zero-order valence-electron chi connectivity index (χ0n) is 9.86. The molecule has 6 heteroatoms. The number of nitrogens with two attached hydrogens (primary N) is 1. The minimum atomic E-state index is -3.33. The third-order valence-electron chi connectivity index (χ3n) is 2.36. The van der Waals surface area contributed by atoms with Crippen LogP contribution in [0.1, 0.15) is 16.2 Å². The number of sulfonamides is 1. The Balaban J connectivity index is 2.97. The predicted molar refractivity (Wildman–Crippen MR) is 67.3 cm³/mol. The lowest BCUT2D eigenvalue weighted by atomic mass is 10.4. The van der Waals surface area contributed by atoms with Gasteiger partial charge in [-0.2, -0.15) is 0 Å². The average molecular weight is 262 g/mol. The Morgan fingerprint density at radius 1 is 1.44 bits per heavy atom. The Bertz CT molecular complexity index is 451. The second kappa shape index (κ2) is 5.27. The molecule has 1 rings (SSSR count). The first-order chi connectivity index (χ1) is 7.39. The molecule has 1 aromatic rings. The lowest BCUT2D eigenvalue weighted by Gasteiger charge is -2.16. The topological polar surface area (TPSA) is 63.4 Å². The van der Waals surface area contributed by atoms with Crippen molar-refractivity contribution >= 4 is 21.4 Å². The average Bonchev–Trinajstić information content (AvgIpc) is 2.54. The van der Waals surface area contributed by atoms with Gasteiger partial charge in [0.05, 0.1) is 4.90 Å². The third-order valence-corrected chi connectivity index (χ3v) is 5.44. The Kier molecular flexibility index (Phi) is 4.49. The van der Waals surface area contributed by atoms with Gasteiger partial charge in [-0.3, -0.25) is 0 Å². The van der Waals surface area contributed by atoms with Gasteiger partial charge in [-0.15, -0.1) is 11.3 Å². The number of aryl methyl sites for hydroxylation is 2. The predicted octanol–water partition coefficient (Wildman–Crippen LogP) is 1.33. The molecule has 0 spiro atoms. The van der Waals surface area contributed by atoms with Crippen LogP contribution in [0, 0.1) is 13.8 Å². The quantitative estimate of drug-likeness (QED) is 0.871. The lowest BCUT2D eigenvalue weighted by Crippen LogP contribution is -2.29. The van der Waals surface area contributed by atoms with E-state index in [-0.39, 0.29) is 0 Å². The van der Waals surface area contributed by atoms with Crippen molar-refractivity contribution < 1.29 is 8.42 Å². The van der Waals surface area contributed by atoms with Gasteiger partial charge in [-0.1, -0.05) is 0 Å². The van der Waals surface area contributed by atoms with E-state index < -0.39 is 10.0 Å². The van der Waals surface area contributed by atoms with Gasteiger partial charge in [-0.25, -0.2) is 12.7 Å². The fourth-order valence-corrected chi connectivity index (χ4v) is 4.19. The summed E-state index contributed by atoms with van der Waals surface area (Å²) in [4.78, 5) is 2.29. The van der Waals surface area contributed by atoms with E-state index >= 15 is 0 Å². The number of thiophene rings is 1. The third kappa shape index (κ3) is 2.82. The van der Waals surface area contributed by atoms with Gasteiger partial charge in [0.25, 0.3) is 0 Å². The lowest BCUT2D eigenvalue weighted by molar-refractivity contribution is 0.463. The van der Waals surface area contributed by atoms with Crippen LogP contribution in [0.4, 0.5) is 0 Å². The molecule has 92 valence electrons. The molecular formula is C10H18N2O2S2. The van der Waals surface area contributed by atoms with Crippen molar-refractivity contribution in [2.45, 2.75) is 25.2 Å². The van der Waals surface area contributed by atoms with Gasteiger partial charge in [0.15, 0.2) is 0 Å². The first kappa shape index (κ1) is 13.6. The van der Waals surface area contributed by atoms with Gasteiger partial charge in [0.1, 0.15) is 0 Å². The normalized spacial score (nSPS) is 12.3. The maximum atomic E-state index is 12.2. The van der Waals surface area contributed by atoms with Crippen molar-refractivity contribution in [3.05, 3.63) is 15.8 Å². The molecule has 0 aliphatic heterocycles. The monoisotopic (exact) mass is 262 g/mol. The second-order valence-electron chi connectivity index (χ2n) is 3.75. The highest BCUT2D eigenvalue weighted by molar-refractivity contribution is 7.89. The molecule has 0 bridgehead atoms. The summed E-state index contributed by atoms with van der Waals surface area (Å²) in [5.74, 6) is 0. The van der Waals surface area contributed by atoms with Crippen LogP contribution in [0.25, 0.3) is 0 Å². The molecule has 0 radical (unpaired) electrons. The maximum Gasteiger partial charge on any atom is 0.243 e. The molecule has 0 atom stereocenters. The van der Waals surface area contributed by atoms with Crippen LogP contribution in [0.15, 0.2) is 11.0 Å². The zero-order chi connectivity index (χ0) is 12.3. The van der Waals surface area contributed by atoms with Crippen molar-refractivity contribution in [3.8, 4) is 0 Å². The number of rotatable bonds is 5. The van der Waals surface area contributed by atoms with Gasteiger partial charge >= 0.3 is 0 Å². The first-order valence-electron chi connectivity index (χ1n) is 5.13. The van der Waals surface area contributed by atoms with Crippen LogP contribution in [0.3, 0.4) is 0 Å². The highest BCUT2D eigenvalue weighted by Crippen LogP contribution is 2.26. The molecule has 16 heavy (non-hydrogen) atoms. The van der Waals surface area contributed by atoms with Gasteiger partial charge in [-0.05, 0) is 32.9 Å². The Morgan fingerprint density at radius 2 is 2.06 bits per heavy atom. The van der Waals surface area contributed by atoms with E-state index in [1.807, 2.05) is 13.8 Å². The molecule has 0 fully saturated rings. The fourth-order valence-electron chi connectivity index (χ4n) is 1.47. The van der Waals surface area contributed by atoms with Crippen molar-refractivity contribution in [2.75, 3.05) is 20.1 Å². The molecule has 0 aliphatic carbocycles. The van der Waals surface area contributed by atoms with Crippen LogP contribution < -0.4 is 5.73 Å². The summed E-state index contributed by atoms with van der Waals surface area (Å²) in [6.45, 7) is 4.71. The molecule has 0 saturated carbocycles. The van der Waals surface area contributed by atoms with E-state index in [0.717, 1.165) is 9.75 Å². The van der Waals surface area contributed by atoms with E-state index in [4.69, 9.17) is 5.73 Å². The van der Waals surface area contributed by atoms with Gasteiger partial charge < -0.3 is 5.73 Å². The molecule has 0 aliphatic rings. The Labute approximate surface area is 101 Å². The van der Waals surface area contributed by atoms with Gasteiger partial charge in [0, 0.05) is 23.3 Å². The Morgan fingerprint density at radius 3 is 2.50 bits per heavy atom. The van der Waals surface area contributed by atoms with Gasteiger partial charge in [0.2, 0.25) is 10.0 Å². The molecule has 2 N–H and O–H groups in total. The fraction of sp³-hybridized carbons (Fsp3) is 0.600. The SMILES string of the molecule is Cc1cc(S(=O)(=O)N(C)CCCN)c(C)s1. The summed E-state index contributed by atoms with van der Waals surface area (Å²) in [6, 6.07) is 1.73. The molecule has 0 saturated heterocycles. The van der Waals surface area contributed by atoms with Crippen molar-refractivity contribution in [1.82, 2.24) is 4.31 Å². The number of hydrogen-bond acceptors (Lipinski definition) is 4. The summed E-state index contributed by atoms with van der Waals surface area (Å²) >= 11 is 1.51. The van der Waals surface area contributed by atoms with E-state index in [0.29, 0.717) is 24.4 Å². The summed E-state index contributed by atoms with van der Waals surface area (Å²) in [7, 11) is -1.74. The number of nitrogens with zero attached hydrogens (tertiary/aromatic N) is 1. The standard InChI is InChI=1S/C10H18N2O2S2/c1-8-7-10(9(2)15-8)16(13,14)12(3)6-4-5-11/h7H,4-6,11H2,1-3H3. The van der Waals surface area contributed by atoms with Crippen LogP contribution in [0.2, 0.25) is 0 Å². The van der Waals surface area contributed by atoms with Crippen LogP contribution in [0.5, 0.6) is 0 Å². The van der Waals surface area contributed by atoms with E-state index in [1.54, 1.807) is 13.1 Å². The van der Waals surface area contributed by atoms with E-state index in [9.17, 15) is 8.42 Å². The summed E-state index contributed by atoms with van der Waals surface area (Å²) in [6.07, 6.45) is 0.678. The molecule has 0 aromatic carbocycles. The van der Waals surface area contributed by atoms with Crippen molar-refractivity contribution in [1.29, 1.82) is 0 Å². The number of hydrogen-bond donors (Lipinski definition) is 1. The maximum absolute atomic E-state index is 12.2. The Hall–Kier alpha value is -0.430. The summed E-state index contributed by atoms with van der Waals surface area (Å²) in [5.41, 5.74) is 5.37. The zero-order valence-corrected chi connectivity index (χ0v) is 11.5. The minimum Gasteiger partial charge on any atom is -0.330 e. The summed E-state index contributed by atoms with van der Waals surface area (Å²) in [5, 5.41) is 0. The minimum absolute atomic E-state index is 0.425. The van der Waals surface area contributed by atoms with E-state index in [1.165, 1.54) is 15.6 Å². The highest BCUT2D eigenvalue weighted by Gasteiger charge is 2.23. The van der Waals surface area contributed by atoms with E-state index in [2.05, 4.69) is 0 Å². The van der Waals surface area contributed by atoms with Crippen molar-refractivity contribution in [2.24, 2.45) is 5.73 Å². The molecule has 4 nitrogen and oxygen atoms in total. The molecule has 1 heterocycles.